The quantitative estimate of drug-likeness (QED) is 0.684. The second-order valence-corrected chi connectivity index (χ2v) is 8.84. The van der Waals surface area contributed by atoms with Crippen molar-refractivity contribution in [2.24, 2.45) is 0 Å². The average Bonchev–Trinajstić information content (AvgIpc) is 3.06. The Morgan fingerprint density at radius 2 is 1.83 bits per heavy atom. The fraction of sp³-hybridized carbons (Fsp3) is 0.435. The normalized spacial score (nSPS) is 20.0. The van der Waals surface area contributed by atoms with Crippen LogP contribution in [0.5, 0.6) is 11.5 Å². The molecule has 7 heteroatoms. The van der Waals surface area contributed by atoms with E-state index in [0.29, 0.717) is 11.6 Å². The number of rotatable bonds is 3. The predicted molar refractivity (Wildman–Crippen MR) is 118 cm³/mol. The van der Waals surface area contributed by atoms with Crippen LogP contribution in [0.4, 0.5) is 0 Å². The van der Waals surface area contributed by atoms with Crippen molar-refractivity contribution in [3.05, 3.63) is 57.0 Å². The van der Waals surface area contributed by atoms with E-state index in [4.69, 9.17) is 21.1 Å². The Morgan fingerprint density at radius 1 is 1.10 bits per heavy atom. The Labute approximate surface area is 180 Å². The Hall–Kier alpha value is -2.44. The van der Waals surface area contributed by atoms with Crippen molar-refractivity contribution in [3.8, 4) is 11.5 Å². The first-order valence-electron chi connectivity index (χ1n) is 10.5. The molecule has 1 unspecified atom stereocenters. The lowest BCUT2D eigenvalue weighted by molar-refractivity contribution is 0.0475. The lowest BCUT2D eigenvalue weighted by Gasteiger charge is -2.36. The highest BCUT2D eigenvalue weighted by Crippen LogP contribution is 2.38. The van der Waals surface area contributed by atoms with Crippen molar-refractivity contribution in [3.63, 3.8) is 0 Å². The van der Waals surface area contributed by atoms with Crippen molar-refractivity contribution in [1.82, 2.24) is 14.5 Å². The number of piperidine rings is 1. The summed E-state index contributed by atoms with van der Waals surface area (Å²) < 4.78 is 14.2. The number of aromatic amines is 1. The molecule has 2 aromatic carbocycles. The minimum atomic E-state index is -0.0582. The zero-order chi connectivity index (χ0) is 20.8. The number of aromatic nitrogens is 2. The maximum absolute atomic E-state index is 12.5. The topological polar surface area (TPSA) is 59.5 Å². The van der Waals surface area contributed by atoms with Crippen molar-refractivity contribution in [1.29, 1.82) is 0 Å². The molecule has 0 amide bonds. The predicted octanol–water partition coefficient (Wildman–Crippen LogP) is 4.08. The Balaban J connectivity index is 1.25. The van der Waals surface area contributed by atoms with Gasteiger partial charge < -0.3 is 14.5 Å². The minimum Gasteiger partial charge on any atom is -0.485 e. The summed E-state index contributed by atoms with van der Waals surface area (Å²) in [6.07, 6.45) is 1.88. The lowest BCUT2D eigenvalue weighted by atomic mass is 10.0. The molecular formula is C23H26ClN3O3. The zero-order valence-corrected chi connectivity index (χ0v) is 18.0. The van der Waals surface area contributed by atoms with Gasteiger partial charge in [-0.1, -0.05) is 23.7 Å². The molecule has 0 aliphatic carbocycles. The summed E-state index contributed by atoms with van der Waals surface area (Å²) in [7, 11) is 0. The van der Waals surface area contributed by atoms with Crippen molar-refractivity contribution >= 4 is 22.6 Å². The number of benzene rings is 2. The number of nitrogens with zero attached hydrogens (tertiary/aromatic N) is 2. The fourth-order valence-electron chi connectivity index (χ4n) is 4.67. The van der Waals surface area contributed by atoms with Crippen LogP contribution in [0.3, 0.4) is 0 Å². The first kappa shape index (κ1) is 19.5. The number of aryl methyl sites for hydroxylation is 2. The summed E-state index contributed by atoms with van der Waals surface area (Å²) in [6, 6.07) is 9.92. The van der Waals surface area contributed by atoms with Gasteiger partial charge in [0.1, 0.15) is 12.7 Å². The van der Waals surface area contributed by atoms with E-state index in [-0.39, 0.29) is 17.8 Å². The molecule has 1 saturated heterocycles. The fourth-order valence-corrected chi connectivity index (χ4v) is 4.84. The molecule has 2 aliphatic rings. The van der Waals surface area contributed by atoms with E-state index < -0.39 is 0 Å². The van der Waals surface area contributed by atoms with E-state index in [9.17, 15) is 4.79 Å². The smallest absolute Gasteiger partial charge is 0.326 e. The van der Waals surface area contributed by atoms with Crippen molar-refractivity contribution in [2.45, 2.75) is 38.8 Å². The summed E-state index contributed by atoms with van der Waals surface area (Å²) in [5.74, 6) is 1.76. The summed E-state index contributed by atoms with van der Waals surface area (Å²) in [5.41, 5.74) is 3.89. The molecule has 1 fully saturated rings. The lowest BCUT2D eigenvalue weighted by Crippen LogP contribution is -2.45. The number of hydrogen-bond acceptors (Lipinski definition) is 4. The van der Waals surface area contributed by atoms with E-state index in [1.54, 1.807) is 0 Å². The van der Waals surface area contributed by atoms with Crippen molar-refractivity contribution < 1.29 is 9.47 Å². The van der Waals surface area contributed by atoms with Crippen molar-refractivity contribution in [2.75, 3.05) is 26.2 Å². The van der Waals surface area contributed by atoms with Gasteiger partial charge in [0.25, 0.3) is 0 Å². The summed E-state index contributed by atoms with van der Waals surface area (Å²) in [4.78, 5) is 17.9. The zero-order valence-electron chi connectivity index (χ0n) is 17.3. The SMILES string of the molecule is Cc1ccc(C)c2c1OCC(CN1CCC(n3c(=O)[nH]c4cc(Cl)ccc43)CC1)O2. The molecule has 2 aliphatic heterocycles. The number of halogens is 1. The number of hydrogen-bond donors (Lipinski definition) is 1. The van der Waals surface area contributed by atoms with Gasteiger partial charge in [-0.3, -0.25) is 9.47 Å². The molecule has 5 rings (SSSR count). The van der Waals surface area contributed by atoms with Crippen LogP contribution >= 0.6 is 11.6 Å². The molecule has 1 atom stereocenters. The molecule has 0 radical (unpaired) electrons. The number of imidazole rings is 1. The van der Waals surface area contributed by atoms with E-state index >= 15 is 0 Å². The van der Waals surface area contributed by atoms with Crippen LogP contribution in [-0.2, 0) is 0 Å². The van der Waals surface area contributed by atoms with Gasteiger partial charge in [0.05, 0.1) is 11.0 Å². The molecule has 0 bridgehead atoms. The van der Waals surface area contributed by atoms with E-state index in [1.807, 2.05) is 29.7 Å². The number of ether oxygens (including phenoxy) is 2. The summed E-state index contributed by atoms with van der Waals surface area (Å²) >= 11 is 6.07. The Morgan fingerprint density at radius 3 is 2.60 bits per heavy atom. The number of likely N-dealkylation sites (tertiary alicyclic amines) is 1. The van der Waals surface area contributed by atoms with Gasteiger partial charge in [0.2, 0.25) is 0 Å². The number of fused-ring (bicyclic) bond motifs is 2. The molecule has 0 spiro atoms. The molecule has 30 heavy (non-hydrogen) atoms. The average molecular weight is 428 g/mol. The van der Waals surface area contributed by atoms with Gasteiger partial charge in [-0.25, -0.2) is 4.79 Å². The van der Waals surface area contributed by atoms with Crippen LogP contribution in [0.1, 0.15) is 30.0 Å². The third-order valence-electron chi connectivity index (χ3n) is 6.27. The highest BCUT2D eigenvalue weighted by molar-refractivity contribution is 6.31. The molecular weight excluding hydrogens is 402 g/mol. The summed E-state index contributed by atoms with van der Waals surface area (Å²) in [5, 5.41) is 0.632. The number of H-pyrrole nitrogens is 1. The Bertz CT molecular complexity index is 1140. The van der Waals surface area contributed by atoms with Crippen LogP contribution < -0.4 is 15.2 Å². The van der Waals surface area contributed by atoms with Crippen LogP contribution in [0.2, 0.25) is 5.02 Å². The van der Waals surface area contributed by atoms with Gasteiger partial charge in [-0.15, -0.1) is 0 Å². The highest BCUT2D eigenvalue weighted by atomic mass is 35.5. The third-order valence-corrected chi connectivity index (χ3v) is 6.50. The summed E-state index contributed by atoms with van der Waals surface area (Å²) in [6.45, 7) is 7.36. The second-order valence-electron chi connectivity index (χ2n) is 8.40. The second kappa shape index (κ2) is 7.67. The van der Waals surface area contributed by atoms with E-state index in [0.717, 1.165) is 66.1 Å². The minimum absolute atomic E-state index is 0.0208. The van der Waals surface area contributed by atoms with Crippen LogP contribution in [0.15, 0.2) is 35.1 Å². The van der Waals surface area contributed by atoms with Gasteiger partial charge in [-0.2, -0.15) is 0 Å². The largest absolute Gasteiger partial charge is 0.485 e. The molecule has 0 saturated carbocycles. The molecule has 3 aromatic rings. The molecule has 1 aromatic heterocycles. The number of nitrogens with one attached hydrogen (secondary N) is 1. The Kier molecular flexibility index (Phi) is 4.99. The maximum atomic E-state index is 12.5. The van der Waals surface area contributed by atoms with E-state index in [1.165, 1.54) is 0 Å². The molecule has 1 N–H and O–H groups in total. The molecule has 6 nitrogen and oxygen atoms in total. The molecule has 158 valence electrons. The third kappa shape index (κ3) is 3.48. The van der Waals surface area contributed by atoms with Crippen LogP contribution in [-0.4, -0.2) is 46.8 Å². The monoisotopic (exact) mass is 427 g/mol. The maximum Gasteiger partial charge on any atom is 0.326 e. The standard InChI is InChI=1S/C23H26ClN3O3/c1-14-3-4-15(2)22-21(14)29-13-18(30-22)12-26-9-7-17(8-10-26)27-20-6-5-16(24)11-19(20)25-23(27)28/h3-6,11,17-18H,7-10,12-13H2,1-2H3,(H,25,28). The molecule has 3 heterocycles. The van der Waals surface area contributed by atoms with Crippen LogP contribution in [0, 0.1) is 13.8 Å². The first-order chi connectivity index (χ1) is 14.5. The van der Waals surface area contributed by atoms with Gasteiger partial charge >= 0.3 is 5.69 Å². The van der Waals surface area contributed by atoms with Gasteiger partial charge in [0, 0.05) is 30.7 Å². The van der Waals surface area contributed by atoms with Gasteiger partial charge in [-0.05, 0) is 56.0 Å². The van der Waals surface area contributed by atoms with E-state index in [2.05, 4.69) is 28.9 Å². The van der Waals surface area contributed by atoms with Gasteiger partial charge in [0.15, 0.2) is 11.5 Å². The highest BCUT2D eigenvalue weighted by Gasteiger charge is 2.29. The van der Waals surface area contributed by atoms with Crippen LogP contribution in [0.25, 0.3) is 11.0 Å². The first-order valence-corrected chi connectivity index (χ1v) is 10.9.